The number of esters is 4. The van der Waals surface area contributed by atoms with Crippen molar-refractivity contribution in [3.05, 3.63) is 0 Å². The highest BCUT2D eigenvalue weighted by Gasteiger charge is 2.30. The smallest absolute Gasteiger partial charge is 0.462 e. The van der Waals surface area contributed by atoms with Crippen LogP contribution in [0.5, 0.6) is 0 Å². The summed E-state index contributed by atoms with van der Waals surface area (Å²) in [5.41, 5.74) is 0. The summed E-state index contributed by atoms with van der Waals surface area (Å²) in [6.07, 6.45) is 51.1. The molecule has 0 rings (SSSR count). The fourth-order valence-corrected chi connectivity index (χ4v) is 12.4. The zero-order valence-electron chi connectivity index (χ0n) is 58.3. The molecule has 0 spiro atoms. The number of phosphoric acid groups is 2. The third-order valence-corrected chi connectivity index (χ3v) is 18.8. The maximum atomic E-state index is 13.0. The fraction of sp³-hybridized carbons (Fsp3) is 0.944. The maximum Gasteiger partial charge on any atom is 0.472 e. The number of rotatable bonds is 71. The van der Waals surface area contributed by atoms with E-state index in [0.29, 0.717) is 25.7 Å². The Balaban J connectivity index is 5.24. The van der Waals surface area contributed by atoms with Crippen molar-refractivity contribution in [2.45, 2.75) is 387 Å². The lowest BCUT2D eigenvalue weighted by Crippen LogP contribution is -2.30. The van der Waals surface area contributed by atoms with Crippen LogP contribution in [0.25, 0.3) is 0 Å². The highest BCUT2D eigenvalue weighted by Crippen LogP contribution is 2.45. The quantitative estimate of drug-likeness (QED) is 0.0222. The lowest BCUT2D eigenvalue weighted by atomic mass is 9.99. The minimum atomic E-state index is -4.95. The van der Waals surface area contributed by atoms with Crippen LogP contribution in [0.4, 0.5) is 0 Å². The van der Waals surface area contributed by atoms with Gasteiger partial charge in [-0.2, -0.15) is 0 Å². The molecule has 0 aromatic heterocycles. The molecule has 0 amide bonds. The molecule has 3 unspecified atom stereocenters. The Hall–Kier alpha value is -1.94. The molecular weight excluding hydrogens is 1190 g/mol. The lowest BCUT2D eigenvalue weighted by Gasteiger charge is -2.21. The lowest BCUT2D eigenvalue weighted by molar-refractivity contribution is -0.161. The first-order valence-corrected chi connectivity index (χ1v) is 40.2. The molecule has 0 aromatic carbocycles. The van der Waals surface area contributed by atoms with Gasteiger partial charge < -0.3 is 33.8 Å². The molecule has 0 fully saturated rings. The Morgan fingerprint density at radius 1 is 0.311 bits per heavy atom. The van der Waals surface area contributed by atoms with Gasteiger partial charge in [-0.3, -0.25) is 37.3 Å². The average Bonchev–Trinajstić information content (AvgIpc) is 3.65. The molecule has 0 aliphatic carbocycles. The van der Waals surface area contributed by atoms with Crippen molar-refractivity contribution in [2.24, 2.45) is 5.92 Å². The number of ether oxygens (including phenoxy) is 4. The van der Waals surface area contributed by atoms with Crippen molar-refractivity contribution in [3.8, 4) is 0 Å². The summed E-state index contributed by atoms with van der Waals surface area (Å²) in [5, 5.41) is 10.6. The number of hydrogen-bond donors (Lipinski definition) is 3. The zero-order chi connectivity index (χ0) is 66.3. The fourth-order valence-electron chi connectivity index (χ4n) is 10.8. The molecule has 0 bridgehead atoms. The largest absolute Gasteiger partial charge is 0.472 e. The van der Waals surface area contributed by atoms with Crippen molar-refractivity contribution < 1.29 is 80.2 Å². The molecule has 0 aliphatic rings. The van der Waals surface area contributed by atoms with Crippen molar-refractivity contribution in [1.82, 2.24) is 0 Å². The van der Waals surface area contributed by atoms with E-state index < -0.39 is 97.5 Å². The van der Waals surface area contributed by atoms with E-state index in [4.69, 9.17) is 37.0 Å². The van der Waals surface area contributed by atoms with Crippen molar-refractivity contribution >= 4 is 39.5 Å². The number of carbonyl (C=O) groups excluding carboxylic acids is 4. The van der Waals surface area contributed by atoms with Gasteiger partial charge in [-0.1, -0.05) is 317 Å². The molecule has 17 nitrogen and oxygen atoms in total. The van der Waals surface area contributed by atoms with Crippen molar-refractivity contribution in [2.75, 3.05) is 39.6 Å². The number of phosphoric ester groups is 2. The summed E-state index contributed by atoms with van der Waals surface area (Å²) < 4.78 is 68.3. The van der Waals surface area contributed by atoms with Crippen LogP contribution in [0.3, 0.4) is 0 Å². The molecule has 0 aliphatic heterocycles. The monoisotopic (exact) mass is 1320 g/mol. The SMILES string of the molecule is CCCCCCCCCCCCCCCCCCC(=O)O[C@H](COC(=O)CCCCCCCCCCC(C)CC)COP(=O)(O)OC[C@@H](O)COP(=O)(O)OC[C@@H](COC(=O)CCCCCCCCCCCC)OC(=O)CCCCCCCCCCCCCC. The number of hydrogen-bond acceptors (Lipinski definition) is 15. The predicted octanol–water partition coefficient (Wildman–Crippen LogP) is 20.5. The highest BCUT2D eigenvalue weighted by atomic mass is 31.2. The third kappa shape index (κ3) is 63.5. The first-order valence-electron chi connectivity index (χ1n) is 37.2. The molecule has 19 heteroatoms. The molecule has 3 N–H and O–H groups in total. The first-order chi connectivity index (χ1) is 43.6. The van der Waals surface area contributed by atoms with Crippen LogP contribution in [0.2, 0.25) is 0 Å². The zero-order valence-corrected chi connectivity index (χ0v) is 60.1. The minimum absolute atomic E-state index is 0.108. The number of aliphatic hydroxyl groups is 1. The van der Waals surface area contributed by atoms with Crippen LogP contribution >= 0.6 is 15.6 Å². The van der Waals surface area contributed by atoms with Gasteiger partial charge in [0.05, 0.1) is 26.4 Å². The van der Waals surface area contributed by atoms with Gasteiger partial charge in [-0.25, -0.2) is 9.13 Å². The van der Waals surface area contributed by atoms with E-state index in [1.54, 1.807) is 0 Å². The second-order valence-corrected chi connectivity index (χ2v) is 28.8. The Morgan fingerprint density at radius 2 is 0.533 bits per heavy atom. The Labute approximate surface area is 549 Å². The molecule has 0 saturated heterocycles. The highest BCUT2D eigenvalue weighted by molar-refractivity contribution is 7.47. The second kappa shape index (κ2) is 64.4. The summed E-state index contributed by atoms with van der Waals surface area (Å²) in [6.45, 7) is 7.25. The third-order valence-electron chi connectivity index (χ3n) is 16.9. The van der Waals surface area contributed by atoms with E-state index >= 15 is 0 Å². The molecule has 0 radical (unpaired) electrons. The second-order valence-electron chi connectivity index (χ2n) is 25.9. The van der Waals surface area contributed by atoms with Crippen LogP contribution < -0.4 is 0 Å². The Kier molecular flexibility index (Phi) is 63.0. The van der Waals surface area contributed by atoms with Crippen LogP contribution in [0.1, 0.15) is 369 Å². The molecule has 534 valence electrons. The van der Waals surface area contributed by atoms with Gasteiger partial charge in [0.2, 0.25) is 0 Å². The molecule has 0 saturated carbocycles. The van der Waals surface area contributed by atoms with E-state index in [1.165, 1.54) is 193 Å². The van der Waals surface area contributed by atoms with Crippen LogP contribution in [-0.2, 0) is 65.4 Å². The molecule has 0 heterocycles. The summed E-state index contributed by atoms with van der Waals surface area (Å²) in [5.74, 6) is -1.34. The topological polar surface area (TPSA) is 237 Å². The summed E-state index contributed by atoms with van der Waals surface area (Å²) in [6, 6.07) is 0. The van der Waals surface area contributed by atoms with Gasteiger partial charge >= 0.3 is 39.5 Å². The molecule has 90 heavy (non-hydrogen) atoms. The summed E-state index contributed by atoms with van der Waals surface area (Å²) >= 11 is 0. The number of aliphatic hydroxyl groups excluding tert-OH is 1. The van der Waals surface area contributed by atoms with Gasteiger partial charge in [0.25, 0.3) is 0 Å². The normalized spacial score (nSPS) is 14.4. The molecule has 6 atom stereocenters. The van der Waals surface area contributed by atoms with Gasteiger partial charge in [0.1, 0.15) is 19.3 Å². The van der Waals surface area contributed by atoms with Crippen molar-refractivity contribution in [3.63, 3.8) is 0 Å². The standard InChI is InChI=1S/C71H138O17P2/c1-6-10-13-16-19-22-25-27-28-29-30-32-35-42-47-52-57-71(76)88-67(61-82-69(74)55-50-45-40-37-36-38-43-48-53-64(5)9-4)63-86-90(79,80)84-59-65(72)58-83-89(77,78)85-62-66(60-81-68(73)54-49-44-39-33-24-21-18-15-12-8-3)87-70(75)56-51-46-41-34-31-26-23-20-17-14-11-7-2/h64-67,72H,6-63H2,1-5H3,(H,77,78)(H,79,80)/t64?,65-,66+,67+/m0/s1. The first kappa shape index (κ1) is 88.1. The summed E-state index contributed by atoms with van der Waals surface area (Å²) in [7, 11) is -9.90. The van der Waals surface area contributed by atoms with E-state index in [2.05, 4.69) is 34.6 Å². The predicted molar refractivity (Wildman–Crippen MR) is 363 cm³/mol. The molecule has 0 aromatic rings. The number of unbranched alkanes of at least 4 members (excludes halogenated alkanes) is 42. The minimum Gasteiger partial charge on any atom is -0.462 e. The number of carbonyl (C=O) groups is 4. The van der Waals surface area contributed by atoms with Crippen LogP contribution in [-0.4, -0.2) is 96.7 Å². The van der Waals surface area contributed by atoms with Gasteiger partial charge in [0.15, 0.2) is 12.2 Å². The van der Waals surface area contributed by atoms with E-state index in [9.17, 15) is 43.2 Å². The van der Waals surface area contributed by atoms with E-state index in [0.717, 1.165) is 95.8 Å². The van der Waals surface area contributed by atoms with E-state index in [-0.39, 0.29) is 25.7 Å². The Morgan fingerprint density at radius 3 is 0.789 bits per heavy atom. The van der Waals surface area contributed by atoms with E-state index in [1.807, 2.05) is 0 Å². The van der Waals surface area contributed by atoms with Gasteiger partial charge in [-0.15, -0.1) is 0 Å². The van der Waals surface area contributed by atoms with Gasteiger partial charge in [0, 0.05) is 25.7 Å². The summed E-state index contributed by atoms with van der Waals surface area (Å²) in [4.78, 5) is 72.6. The average molecular weight is 1330 g/mol. The van der Waals surface area contributed by atoms with Crippen LogP contribution in [0.15, 0.2) is 0 Å². The van der Waals surface area contributed by atoms with Gasteiger partial charge in [-0.05, 0) is 31.6 Å². The molecular formula is C71H138O17P2. The van der Waals surface area contributed by atoms with Crippen LogP contribution in [0, 0.1) is 5.92 Å². The van der Waals surface area contributed by atoms with Crippen molar-refractivity contribution in [1.29, 1.82) is 0 Å². The Bertz CT molecular complexity index is 1740. The maximum absolute atomic E-state index is 13.0.